The SMILES string of the molecule is CCNC(=NCCCN1CCOCC1)NCCS(=O)(=O)N1CCSCC1. The van der Waals surface area contributed by atoms with Crippen LogP contribution in [0.2, 0.25) is 0 Å². The lowest BCUT2D eigenvalue weighted by atomic mass is 10.3. The van der Waals surface area contributed by atoms with Crippen molar-refractivity contribution in [2.24, 2.45) is 4.99 Å². The second kappa shape index (κ2) is 12.0. The zero-order chi connectivity index (χ0) is 18.7. The van der Waals surface area contributed by atoms with Crippen molar-refractivity contribution >= 4 is 27.7 Å². The first kappa shape index (κ1) is 21.7. The average molecular weight is 408 g/mol. The predicted octanol–water partition coefficient (Wildman–Crippen LogP) is -0.358. The van der Waals surface area contributed by atoms with E-state index < -0.39 is 10.0 Å². The molecule has 152 valence electrons. The third-order valence-electron chi connectivity index (χ3n) is 4.37. The highest BCUT2D eigenvalue weighted by Gasteiger charge is 2.23. The monoisotopic (exact) mass is 407 g/mol. The molecule has 0 radical (unpaired) electrons. The number of hydrogen-bond donors (Lipinski definition) is 2. The molecule has 0 amide bonds. The second-order valence-corrected chi connectivity index (χ2v) is 9.64. The van der Waals surface area contributed by atoms with Crippen molar-refractivity contribution in [2.75, 3.05) is 82.8 Å². The van der Waals surface area contributed by atoms with Crippen LogP contribution in [0.4, 0.5) is 0 Å². The normalized spacial score (nSPS) is 20.9. The molecule has 0 bridgehead atoms. The van der Waals surface area contributed by atoms with Crippen molar-refractivity contribution in [1.29, 1.82) is 0 Å². The molecule has 2 heterocycles. The number of rotatable bonds is 9. The van der Waals surface area contributed by atoms with Gasteiger partial charge in [-0.05, 0) is 13.3 Å². The fraction of sp³-hybridized carbons (Fsp3) is 0.938. The molecule has 0 spiro atoms. The van der Waals surface area contributed by atoms with Gasteiger partial charge >= 0.3 is 0 Å². The van der Waals surface area contributed by atoms with Gasteiger partial charge < -0.3 is 15.4 Å². The number of aliphatic imine (C=N–C) groups is 1. The van der Waals surface area contributed by atoms with Gasteiger partial charge in [0.15, 0.2) is 5.96 Å². The zero-order valence-corrected chi connectivity index (χ0v) is 17.4. The molecule has 2 rings (SSSR count). The maximum atomic E-state index is 12.4. The van der Waals surface area contributed by atoms with Crippen LogP contribution in [-0.2, 0) is 14.8 Å². The van der Waals surface area contributed by atoms with E-state index in [1.54, 1.807) is 4.31 Å². The molecule has 0 unspecified atom stereocenters. The highest BCUT2D eigenvalue weighted by Crippen LogP contribution is 2.12. The Bertz CT molecular complexity index is 518. The van der Waals surface area contributed by atoms with Gasteiger partial charge in [-0.25, -0.2) is 12.7 Å². The van der Waals surface area contributed by atoms with Crippen molar-refractivity contribution in [3.63, 3.8) is 0 Å². The van der Waals surface area contributed by atoms with Crippen LogP contribution in [0.15, 0.2) is 4.99 Å². The maximum absolute atomic E-state index is 12.4. The van der Waals surface area contributed by atoms with E-state index in [4.69, 9.17) is 4.74 Å². The summed E-state index contributed by atoms with van der Waals surface area (Å²) in [6.07, 6.45) is 0.986. The van der Waals surface area contributed by atoms with Gasteiger partial charge in [-0.3, -0.25) is 9.89 Å². The van der Waals surface area contributed by atoms with Gasteiger partial charge in [0, 0.05) is 63.9 Å². The van der Waals surface area contributed by atoms with Crippen LogP contribution in [-0.4, -0.2) is 106 Å². The van der Waals surface area contributed by atoms with Crippen LogP contribution < -0.4 is 10.6 Å². The molecule has 0 aromatic carbocycles. The number of morpholine rings is 1. The number of hydrogen-bond acceptors (Lipinski definition) is 6. The first-order valence-corrected chi connectivity index (χ1v) is 12.3. The van der Waals surface area contributed by atoms with Crippen molar-refractivity contribution in [1.82, 2.24) is 19.8 Å². The number of ether oxygens (including phenoxy) is 1. The third-order valence-corrected chi connectivity index (χ3v) is 7.18. The van der Waals surface area contributed by atoms with E-state index in [0.29, 0.717) is 25.6 Å². The van der Waals surface area contributed by atoms with Gasteiger partial charge in [0.2, 0.25) is 10.0 Å². The largest absolute Gasteiger partial charge is 0.379 e. The van der Waals surface area contributed by atoms with E-state index in [0.717, 1.165) is 63.9 Å². The lowest BCUT2D eigenvalue weighted by molar-refractivity contribution is 0.0377. The van der Waals surface area contributed by atoms with Crippen LogP contribution in [0.5, 0.6) is 0 Å². The fourth-order valence-electron chi connectivity index (χ4n) is 2.90. The standard InChI is InChI=1S/C16H33N5O3S2/c1-2-17-16(18-4-3-6-20-7-11-24-12-8-20)19-5-15-26(22,23)21-9-13-25-14-10-21/h2-15H2,1H3,(H2,17,18,19). The Balaban J connectivity index is 1.68. The molecular weight excluding hydrogens is 374 g/mol. The molecule has 2 aliphatic heterocycles. The summed E-state index contributed by atoms with van der Waals surface area (Å²) in [5.74, 6) is 2.58. The number of sulfonamides is 1. The minimum Gasteiger partial charge on any atom is -0.379 e. The Morgan fingerprint density at radius 1 is 1.15 bits per heavy atom. The Labute approximate surface area is 162 Å². The Hall–Kier alpha value is -0.550. The fourth-order valence-corrected chi connectivity index (χ4v) is 5.40. The summed E-state index contributed by atoms with van der Waals surface area (Å²) >= 11 is 1.81. The minimum atomic E-state index is -3.18. The summed E-state index contributed by atoms with van der Waals surface area (Å²) in [6.45, 7) is 9.76. The third kappa shape index (κ3) is 7.99. The van der Waals surface area contributed by atoms with Crippen molar-refractivity contribution < 1.29 is 13.2 Å². The van der Waals surface area contributed by atoms with Crippen LogP contribution >= 0.6 is 11.8 Å². The van der Waals surface area contributed by atoms with E-state index in [2.05, 4.69) is 20.5 Å². The van der Waals surface area contributed by atoms with Gasteiger partial charge in [-0.15, -0.1) is 0 Å². The molecule has 26 heavy (non-hydrogen) atoms. The van der Waals surface area contributed by atoms with Gasteiger partial charge in [0.1, 0.15) is 0 Å². The second-order valence-electron chi connectivity index (χ2n) is 6.32. The van der Waals surface area contributed by atoms with E-state index in [1.807, 2.05) is 18.7 Å². The summed E-state index contributed by atoms with van der Waals surface area (Å²) < 4.78 is 31.7. The van der Waals surface area contributed by atoms with Crippen molar-refractivity contribution in [3.8, 4) is 0 Å². The van der Waals surface area contributed by atoms with Gasteiger partial charge in [-0.2, -0.15) is 11.8 Å². The van der Waals surface area contributed by atoms with Crippen molar-refractivity contribution in [3.05, 3.63) is 0 Å². The molecule has 0 saturated carbocycles. The summed E-state index contributed by atoms with van der Waals surface area (Å²) in [5.41, 5.74) is 0. The molecule has 2 aliphatic rings. The number of nitrogens with one attached hydrogen (secondary N) is 2. The van der Waals surface area contributed by atoms with E-state index in [9.17, 15) is 8.42 Å². The molecule has 8 nitrogen and oxygen atoms in total. The quantitative estimate of drug-likeness (QED) is 0.307. The lowest BCUT2D eigenvalue weighted by Crippen LogP contribution is -2.44. The van der Waals surface area contributed by atoms with Crippen LogP contribution in [0, 0.1) is 0 Å². The van der Waals surface area contributed by atoms with Gasteiger partial charge in [0.05, 0.1) is 19.0 Å². The molecule has 0 aromatic rings. The Morgan fingerprint density at radius 3 is 2.58 bits per heavy atom. The Morgan fingerprint density at radius 2 is 1.88 bits per heavy atom. The smallest absolute Gasteiger partial charge is 0.215 e. The molecule has 0 aliphatic carbocycles. The first-order valence-electron chi connectivity index (χ1n) is 9.49. The molecule has 10 heteroatoms. The number of guanidine groups is 1. The highest BCUT2D eigenvalue weighted by atomic mass is 32.2. The predicted molar refractivity (Wildman–Crippen MR) is 109 cm³/mol. The molecule has 2 saturated heterocycles. The highest BCUT2D eigenvalue weighted by molar-refractivity contribution is 7.99. The van der Waals surface area contributed by atoms with E-state index in [-0.39, 0.29) is 5.75 Å². The molecule has 0 atom stereocenters. The summed E-state index contributed by atoms with van der Waals surface area (Å²) in [7, 11) is -3.18. The van der Waals surface area contributed by atoms with Crippen LogP contribution in [0.3, 0.4) is 0 Å². The number of thioether (sulfide) groups is 1. The minimum absolute atomic E-state index is 0.107. The van der Waals surface area contributed by atoms with Gasteiger partial charge in [0.25, 0.3) is 0 Å². The first-order chi connectivity index (χ1) is 12.6. The molecule has 2 N–H and O–H groups in total. The molecule has 2 fully saturated rings. The summed E-state index contributed by atoms with van der Waals surface area (Å²) in [6, 6.07) is 0. The average Bonchev–Trinajstić information content (AvgIpc) is 2.66. The maximum Gasteiger partial charge on any atom is 0.215 e. The van der Waals surface area contributed by atoms with Crippen LogP contribution in [0.1, 0.15) is 13.3 Å². The van der Waals surface area contributed by atoms with Gasteiger partial charge in [-0.1, -0.05) is 0 Å². The molecular formula is C16H33N5O3S2. The topological polar surface area (TPSA) is 86.3 Å². The summed E-state index contributed by atoms with van der Waals surface area (Å²) in [4.78, 5) is 6.95. The summed E-state index contributed by atoms with van der Waals surface area (Å²) in [5, 5.41) is 6.33. The van der Waals surface area contributed by atoms with Crippen LogP contribution in [0.25, 0.3) is 0 Å². The zero-order valence-electron chi connectivity index (χ0n) is 15.8. The van der Waals surface area contributed by atoms with E-state index >= 15 is 0 Å². The Kier molecular flexibility index (Phi) is 10.1. The lowest BCUT2D eigenvalue weighted by Gasteiger charge is -2.26. The molecule has 0 aromatic heterocycles. The van der Waals surface area contributed by atoms with Crippen molar-refractivity contribution in [2.45, 2.75) is 13.3 Å². The van der Waals surface area contributed by atoms with E-state index in [1.165, 1.54) is 0 Å². The number of nitrogens with zero attached hydrogens (tertiary/aromatic N) is 3.